The summed E-state index contributed by atoms with van der Waals surface area (Å²) < 4.78 is 0. The number of carbonyl (C=O) groups is 2. The van der Waals surface area contributed by atoms with Crippen LogP contribution in [0.25, 0.3) is 0 Å². The molecule has 3 heterocycles. The van der Waals surface area contributed by atoms with E-state index in [1.54, 1.807) is 29.3 Å². The number of benzene rings is 1. The van der Waals surface area contributed by atoms with Crippen LogP contribution in [0.3, 0.4) is 0 Å². The van der Waals surface area contributed by atoms with Crippen molar-refractivity contribution in [2.24, 2.45) is 0 Å². The van der Waals surface area contributed by atoms with Crippen LogP contribution in [0.5, 0.6) is 0 Å². The molecule has 6 nitrogen and oxygen atoms in total. The predicted molar refractivity (Wildman–Crippen MR) is 100 cm³/mol. The van der Waals surface area contributed by atoms with E-state index < -0.39 is 0 Å². The molecule has 2 amide bonds. The van der Waals surface area contributed by atoms with Crippen molar-refractivity contribution < 1.29 is 9.59 Å². The second-order valence-corrected chi connectivity index (χ2v) is 7.12. The normalized spacial score (nSPS) is 18.8. The third-order valence-corrected chi connectivity index (χ3v) is 5.20. The molecule has 0 aliphatic carbocycles. The van der Waals surface area contributed by atoms with E-state index in [0.717, 1.165) is 18.5 Å². The molecule has 1 aromatic carbocycles. The van der Waals surface area contributed by atoms with Crippen LogP contribution in [0.1, 0.15) is 29.3 Å². The number of likely N-dealkylation sites (tertiary alicyclic amines) is 1. The summed E-state index contributed by atoms with van der Waals surface area (Å²) in [5, 5.41) is 3.67. The Balaban J connectivity index is 1.65. The molecule has 2 aliphatic rings. The molecule has 0 spiro atoms. The number of halogens is 1. The summed E-state index contributed by atoms with van der Waals surface area (Å²) in [6.07, 6.45) is 2.60. The van der Waals surface area contributed by atoms with Crippen molar-refractivity contribution in [1.29, 1.82) is 0 Å². The van der Waals surface area contributed by atoms with Crippen molar-refractivity contribution in [3.8, 4) is 0 Å². The molecule has 1 saturated heterocycles. The van der Waals surface area contributed by atoms with Crippen molar-refractivity contribution in [2.45, 2.75) is 25.9 Å². The molecule has 26 heavy (non-hydrogen) atoms. The van der Waals surface area contributed by atoms with E-state index in [1.165, 1.54) is 0 Å². The summed E-state index contributed by atoms with van der Waals surface area (Å²) in [5.41, 5.74) is 2.10. The number of rotatable bonds is 3. The average Bonchev–Trinajstić information content (AvgIpc) is 2.64. The Morgan fingerprint density at radius 1 is 1.35 bits per heavy atom. The van der Waals surface area contributed by atoms with Gasteiger partial charge in [0, 0.05) is 23.8 Å². The van der Waals surface area contributed by atoms with Crippen LogP contribution < -0.4 is 10.2 Å². The Kier molecular flexibility index (Phi) is 4.28. The third-order valence-electron chi connectivity index (χ3n) is 4.95. The van der Waals surface area contributed by atoms with Gasteiger partial charge < -0.3 is 15.1 Å². The molecule has 0 radical (unpaired) electrons. The van der Waals surface area contributed by atoms with Crippen molar-refractivity contribution in [2.75, 3.05) is 23.3 Å². The first-order chi connectivity index (χ1) is 12.5. The number of hydrogen-bond acceptors (Lipinski definition) is 4. The quantitative estimate of drug-likeness (QED) is 0.902. The molecule has 1 atom stereocenters. The number of hydrogen-bond donors (Lipinski definition) is 1. The third kappa shape index (κ3) is 3.01. The highest BCUT2D eigenvalue weighted by molar-refractivity contribution is 6.30. The van der Waals surface area contributed by atoms with Gasteiger partial charge in [0.15, 0.2) is 5.82 Å². The maximum absolute atomic E-state index is 12.7. The maximum atomic E-state index is 12.7. The van der Waals surface area contributed by atoms with Gasteiger partial charge in [0.05, 0.1) is 24.3 Å². The van der Waals surface area contributed by atoms with Crippen LogP contribution in [0.15, 0.2) is 36.5 Å². The molecule has 0 bridgehead atoms. The van der Waals surface area contributed by atoms with Crippen molar-refractivity contribution in [3.63, 3.8) is 0 Å². The van der Waals surface area contributed by atoms with Crippen LogP contribution in [0, 0.1) is 0 Å². The first-order valence-electron chi connectivity index (χ1n) is 8.62. The average molecular weight is 371 g/mol. The van der Waals surface area contributed by atoms with Gasteiger partial charge in [-0.15, -0.1) is 0 Å². The largest absolute Gasteiger partial charge is 0.359 e. The molecule has 2 aromatic rings. The molecule has 1 unspecified atom stereocenters. The summed E-state index contributed by atoms with van der Waals surface area (Å²) in [6.45, 7) is 3.39. The first-order valence-corrected chi connectivity index (χ1v) is 9.00. The summed E-state index contributed by atoms with van der Waals surface area (Å²) >= 11 is 5.94. The van der Waals surface area contributed by atoms with Crippen molar-refractivity contribution in [3.05, 3.63) is 52.7 Å². The summed E-state index contributed by atoms with van der Waals surface area (Å²) in [7, 11) is 0. The second-order valence-electron chi connectivity index (χ2n) is 6.69. The lowest BCUT2D eigenvalue weighted by atomic mass is 10.0. The lowest BCUT2D eigenvalue weighted by molar-refractivity contribution is -0.117. The van der Waals surface area contributed by atoms with E-state index in [2.05, 4.69) is 10.3 Å². The van der Waals surface area contributed by atoms with Gasteiger partial charge in [-0.3, -0.25) is 9.59 Å². The minimum Gasteiger partial charge on any atom is -0.359 e. The summed E-state index contributed by atoms with van der Waals surface area (Å²) in [4.78, 5) is 33.0. The van der Waals surface area contributed by atoms with E-state index in [-0.39, 0.29) is 24.4 Å². The second kappa shape index (κ2) is 6.61. The van der Waals surface area contributed by atoms with E-state index in [4.69, 9.17) is 11.6 Å². The lowest BCUT2D eigenvalue weighted by Gasteiger charge is -2.39. The minimum absolute atomic E-state index is 0.0384. The number of fused-ring (bicyclic) bond motifs is 1. The zero-order valence-corrected chi connectivity index (χ0v) is 15.2. The van der Waals surface area contributed by atoms with Gasteiger partial charge in [0.1, 0.15) is 0 Å². The molecule has 1 N–H and O–H groups in total. The monoisotopic (exact) mass is 370 g/mol. The van der Waals surface area contributed by atoms with Gasteiger partial charge in [-0.1, -0.05) is 23.7 Å². The highest BCUT2D eigenvalue weighted by atomic mass is 35.5. The summed E-state index contributed by atoms with van der Waals surface area (Å²) in [5.74, 6) is 0.520. The van der Waals surface area contributed by atoms with Crippen LogP contribution >= 0.6 is 11.6 Å². The van der Waals surface area contributed by atoms with Gasteiger partial charge in [0.25, 0.3) is 5.91 Å². The van der Waals surface area contributed by atoms with E-state index in [1.807, 2.05) is 24.0 Å². The van der Waals surface area contributed by atoms with Gasteiger partial charge in [-0.2, -0.15) is 0 Å². The zero-order valence-electron chi connectivity index (χ0n) is 14.4. The predicted octanol–water partition coefficient (Wildman–Crippen LogP) is 2.93. The fourth-order valence-electron chi connectivity index (χ4n) is 3.23. The van der Waals surface area contributed by atoms with Crippen LogP contribution in [-0.2, 0) is 11.3 Å². The number of anilines is 2. The minimum atomic E-state index is -0.0591. The molecular formula is C19H19ClN4O2. The number of pyridine rings is 1. The first kappa shape index (κ1) is 16.8. The zero-order chi connectivity index (χ0) is 18.3. The number of aromatic nitrogens is 1. The Morgan fingerprint density at radius 2 is 2.12 bits per heavy atom. The molecule has 0 saturated carbocycles. The highest BCUT2D eigenvalue weighted by Gasteiger charge is 2.31. The standard InChI is InChI=1S/C19H19ClN4O2/c1-12-6-7-23(12)19(26)14-8-16-18(21-9-14)22-10-17(25)24(16)11-13-2-4-15(20)5-3-13/h2-5,8-9,12H,6-7,10-11H2,1H3,(H,21,22). The number of carbonyl (C=O) groups excluding carboxylic acids is 2. The fraction of sp³-hybridized carbons (Fsp3) is 0.316. The molecular weight excluding hydrogens is 352 g/mol. The Labute approximate surface area is 156 Å². The number of nitrogens with one attached hydrogen (secondary N) is 1. The highest BCUT2D eigenvalue weighted by Crippen LogP contribution is 2.31. The van der Waals surface area contributed by atoms with Gasteiger partial charge in [0.2, 0.25) is 5.91 Å². The molecule has 1 aromatic heterocycles. The number of nitrogens with zero attached hydrogens (tertiary/aromatic N) is 3. The van der Waals surface area contributed by atoms with E-state index in [0.29, 0.717) is 28.6 Å². The topological polar surface area (TPSA) is 65.5 Å². The molecule has 7 heteroatoms. The molecule has 4 rings (SSSR count). The van der Waals surface area contributed by atoms with Crippen LogP contribution in [-0.4, -0.2) is 40.8 Å². The number of amides is 2. The molecule has 1 fully saturated rings. The van der Waals surface area contributed by atoms with Crippen LogP contribution in [0.2, 0.25) is 5.02 Å². The summed E-state index contributed by atoms with van der Waals surface area (Å²) in [6, 6.07) is 9.39. The maximum Gasteiger partial charge on any atom is 0.255 e. The van der Waals surface area contributed by atoms with Gasteiger partial charge in [-0.25, -0.2) is 4.98 Å². The van der Waals surface area contributed by atoms with Crippen LogP contribution in [0.4, 0.5) is 11.5 Å². The van der Waals surface area contributed by atoms with Gasteiger partial charge in [-0.05, 0) is 37.1 Å². The Hall–Kier alpha value is -2.60. The SMILES string of the molecule is CC1CCN1C(=O)c1cnc2c(c1)N(Cc1ccc(Cl)cc1)C(=O)CN2. The lowest BCUT2D eigenvalue weighted by Crippen LogP contribution is -2.49. The Bertz CT molecular complexity index is 868. The molecule has 134 valence electrons. The van der Waals surface area contributed by atoms with E-state index >= 15 is 0 Å². The van der Waals surface area contributed by atoms with Gasteiger partial charge >= 0.3 is 0 Å². The smallest absolute Gasteiger partial charge is 0.255 e. The van der Waals surface area contributed by atoms with E-state index in [9.17, 15) is 9.59 Å². The van der Waals surface area contributed by atoms with Crippen molar-refractivity contribution >= 4 is 34.9 Å². The van der Waals surface area contributed by atoms with Crippen molar-refractivity contribution in [1.82, 2.24) is 9.88 Å². The Morgan fingerprint density at radius 3 is 2.77 bits per heavy atom. The fourth-order valence-corrected chi connectivity index (χ4v) is 3.36. The molecule has 2 aliphatic heterocycles.